The molecule has 0 heterocycles. The minimum Gasteiger partial charge on any atom is -0.406 e. The van der Waals surface area contributed by atoms with Crippen LogP contribution >= 0.6 is 23.5 Å². The maximum atomic E-state index is 12.2. The molecule has 0 aromatic heterocycles. The van der Waals surface area contributed by atoms with Gasteiger partial charge in [0.2, 0.25) is 0 Å². The number of halogens is 4. The highest BCUT2D eigenvalue weighted by molar-refractivity contribution is 7.97. The first-order valence-corrected chi connectivity index (χ1v) is 9.12. The fraction of sp³-hybridized carbons (Fsp3) is 0.333. The monoisotopic (exact) mass is 387 g/mol. The summed E-state index contributed by atoms with van der Waals surface area (Å²) in [6, 6.07) is 13.7. The zero-order chi connectivity index (χ0) is 17.9. The normalized spacial score (nSPS) is 16.8. The Bertz CT molecular complexity index is 715. The number of rotatable bonds is 5. The maximum absolute atomic E-state index is 12.2. The summed E-state index contributed by atoms with van der Waals surface area (Å²) in [6.45, 7) is 0. The van der Waals surface area contributed by atoms with E-state index in [0.717, 1.165) is 36.1 Å². The predicted molar refractivity (Wildman–Crippen MR) is 93.7 cm³/mol. The van der Waals surface area contributed by atoms with Crippen molar-refractivity contribution < 1.29 is 17.9 Å². The Morgan fingerprint density at radius 2 is 1.72 bits per heavy atom. The molecule has 1 fully saturated rings. The number of hydrogen-bond acceptors (Lipinski definition) is 3. The van der Waals surface area contributed by atoms with Crippen molar-refractivity contribution in [2.75, 3.05) is 0 Å². The first kappa shape index (κ1) is 18.4. The Balaban J connectivity index is 1.70. The molecule has 134 valence electrons. The lowest BCUT2D eigenvalue weighted by Gasteiger charge is -2.30. The van der Waals surface area contributed by atoms with Gasteiger partial charge < -0.3 is 4.74 Å². The third-order valence-electron chi connectivity index (χ3n) is 4.26. The number of hydrogen-bond donors (Lipinski definition) is 1. The highest BCUT2D eigenvalue weighted by Crippen LogP contribution is 2.41. The van der Waals surface area contributed by atoms with Crippen LogP contribution in [-0.2, 0) is 5.54 Å². The van der Waals surface area contributed by atoms with Crippen molar-refractivity contribution in [2.24, 2.45) is 0 Å². The quantitative estimate of drug-likeness (QED) is 0.608. The van der Waals surface area contributed by atoms with E-state index < -0.39 is 6.36 Å². The Morgan fingerprint density at radius 1 is 1.04 bits per heavy atom. The van der Waals surface area contributed by atoms with Crippen LogP contribution in [0.15, 0.2) is 53.4 Å². The summed E-state index contributed by atoms with van der Waals surface area (Å²) in [7, 11) is 0. The number of nitrogens with one attached hydrogen (secondary N) is 1. The van der Waals surface area contributed by atoms with E-state index in [-0.39, 0.29) is 11.3 Å². The fourth-order valence-corrected chi connectivity index (χ4v) is 4.18. The van der Waals surface area contributed by atoms with Gasteiger partial charge in [-0.05, 0) is 66.8 Å². The molecule has 2 aromatic carbocycles. The van der Waals surface area contributed by atoms with Gasteiger partial charge in [-0.1, -0.05) is 36.6 Å². The molecular weight excluding hydrogens is 371 g/mol. The van der Waals surface area contributed by atoms with Gasteiger partial charge in [0.25, 0.3) is 0 Å². The Morgan fingerprint density at radius 3 is 2.32 bits per heavy atom. The van der Waals surface area contributed by atoms with Crippen molar-refractivity contribution in [2.45, 2.75) is 42.5 Å². The second-order valence-electron chi connectivity index (χ2n) is 6.02. The van der Waals surface area contributed by atoms with Crippen LogP contribution in [0.3, 0.4) is 0 Å². The van der Waals surface area contributed by atoms with Crippen LogP contribution in [-0.4, -0.2) is 6.36 Å². The van der Waals surface area contributed by atoms with Gasteiger partial charge >= 0.3 is 6.36 Å². The number of ether oxygens (including phenoxy) is 1. The molecule has 0 atom stereocenters. The minimum atomic E-state index is -4.67. The largest absolute Gasteiger partial charge is 0.573 e. The Labute approximate surface area is 153 Å². The van der Waals surface area contributed by atoms with Gasteiger partial charge in [-0.3, -0.25) is 0 Å². The van der Waals surface area contributed by atoms with E-state index in [1.54, 1.807) is 12.1 Å². The molecule has 0 spiro atoms. The molecule has 25 heavy (non-hydrogen) atoms. The first-order chi connectivity index (χ1) is 11.9. The van der Waals surface area contributed by atoms with Gasteiger partial charge in [0.05, 0.1) is 5.54 Å². The standard InChI is InChI=1S/C18H17ClF3NOS/c19-14-5-3-4-13(12-14)17(10-1-2-11-17)23-25-16-8-6-15(7-9-16)24-18(20,21)22/h3-9,12,23H,1-2,10-11H2. The summed E-state index contributed by atoms with van der Waals surface area (Å²) in [6.07, 6.45) is -0.435. The van der Waals surface area contributed by atoms with Crippen LogP contribution < -0.4 is 9.46 Å². The van der Waals surface area contributed by atoms with Crippen LogP contribution in [0.5, 0.6) is 5.75 Å². The van der Waals surface area contributed by atoms with Crippen LogP contribution in [0.2, 0.25) is 5.02 Å². The van der Waals surface area contributed by atoms with E-state index in [2.05, 4.69) is 15.5 Å². The Hall–Kier alpha value is -1.37. The van der Waals surface area contributed by atoms with Crippen molar-refractivity contribution >= 4 is 23.5 Å². The molecular formula is C18H17ClF3NOS. The van der Waals surface area contributed by atoms with Gasteiger partial charge in [-0.2, -0.15) is 0 Å². The summed E-state index contributed by atoms with van der Waals surface area (Å²) in [5, 5.41) is 0.698. The summed E-state index contributed by atoms with van der Waals surface area (Å²) >= 11 is 7.55. The van der Waals surface area contributed by atoms with Crippen molar-refractivity contribution in [3.8, 4) is 5.75 Å². The number of alkyl halides is 3. The fourth-order valence-electron chi connectivity index (χ4n) is 3.08. The molecule has 7 heteroatoms. The lowest BCUT2D eigenvalue weighted by atomic mass is 9.89. The molecule has 0 aliphatic heterocycles. The van der Waals surface area contributed by atoms with E-state index in [1.165, 1.54) is 24.1 Å². The molecule has 0 radical (unpaired) electrons. The molecule has 1 aliphatic rings. The second kappa shape index (κ2) is 7.48. The lowest BCUT2D eigenvalue weighted by Crippen LogP contribution is -2.35. The van der Waals surface area contributed by atoms with E-state index in [1.807, 2.05) is 18.2 Å². The third-order valence-corrected chi connectivity index (χ3v) is 5.49. The van der Waals surface area contributed by atoms with Crippen LogP contribution in [0.25, 0.3) is 0 Å². The maximum Gasteiger partial charge on any atom is 0.573 e. The molecule has 0 unspecified atom stereocenters. The SMILES string of the molecule is FC(F)(F)Oc1ccc(SNC2(c3cccc(Cl)c3)CCCC2)cc1. The zero-order valence-electron chi connectivity index (χ0n) is 13.3. The van der Waals surface area contributed by atoms with Crippen molar-refractivity contribution in [3.05, 3.63) is 59.1 Å². The van der Waals surface area contributed by atoms with Crippen molar-refractivity contribution in [3.63, 3.8) is 0 Å². The van der Waals surface area contributed by atoms with Crippen LogP contribution in [0.4, 0.5) is 13.2 Å². The predicted octanol–water partition coefficient (Wildman–Crippen LogP) is 6.30. The van der Waals surface area contributed by atoms with Gasteiger partial charge in [0.15, 0.2) is 0 Å². The van der Waals surface area contributed by atoms with Crippen molar-refractivity contribution in [1.29, 1.82) is 0 Å². The molecule has 1 saturated carbocycles. The average Bonchev–Trinajstić information content (AvgIpc) is 3.03. The molecule has 0 saturated heterocycles. The lowest BCUT2D eigenvalue weighted by molar-refractivity contribution is -0.274. The first-order valence-electron chi connectivity index (χ1n) is 7.92. The smallest absolute Gasteiger partial charge is 0.406 e. The minimum absolute atomic E-state index is 0.170. The Kier molecular flexibility index (Phi) is 5.51. The molecule has 0 bridgehead atoms. The highest BCUT2D eigenvalue weighted by Gasteiger charge is 2.36. The second-order valence-corrected chi connectivity index (χ2v) is 7.34. The van der Waals surface area contributed by atoms with Crippen LogP contribution in [0, 0.1) is 0 Å². The van der Waals surface area contributed by atoms with E-state index in [4.69, 9.17) is 11.6 Å². The topological polar surface area (TPSA) is 21.3 Å². The summed E-state index contributed by atoms with van der Waals surface area (Å²) in [4.78, 5) is 0.822. The van der Waals surface area contributed by atoms with E-state index in [0.29, 0.717) is 5.02 Å². The van der Waals surface area contributed by atoms with Crippen molar-refractivity contribution in [1.82, 2.24) is 4.72 Å². The van der Waals surface area contributed by atoms with Gasteiger partial charge in [-0.25, -0.2) is 4.72 Å². The average molecular weight is 388 g/mol. The van der Waals surface area contributed by atoms with E-state index in [9.17, 15) is 13.2 Å². The summed E-state index contributed by atoms with van der Waals surface area (Å²) in [5.41, 5.74) is 0.971. The molecule has 0 amide bonds. The summed E-state index contributed by atoms with van der Waals surface area (Å²) in [5.74, 6) is -0.220. The molecule has 2 nitrogen and oxygen atoms in total. The molecule has 1 N–H and O–H groups in total. The molecule has 1 aliphatic carbocycles. The van der Waals surface area contributed by atoms with E-state index >= 15 is 0 Å². The zero-order valence-corrected chi connectivity index (χ0v) is 14.8. The van der Waals surface area contributed by atoms with Gasteiger partial charge in [-0.15, -0.1) is 13.2 Å². The van der Waals surface area contributed by atoms with Gasteiger partial charge in [0.1, 0.15) is 5.75 Å². The molecule has 3 rings (SSSR count). The van der Waals surface area contributed by atoms with Gasteiger partial charge in [0, 0.05) is 9.92 Å². The summed E-state index contributed by atoms with van der Waals surface area (Å²) < 4.78 is 44.1. The third kappa shape index (κ3) is 4.84. The highest BCUT2D eigenvalue weighted by atomic mass is 35.5. The van der Waals surface area contributed by atoms with Crippen LogP contribution in [0.1, 0.15) is 31.2 Å². The molecule has 2 aromatic rings. The number of benzene rings is 2.